The highest BCUT2D eigenvalue weighted by molar-refractivity contribution is 6.33. The van der Waals surface area contributed by atoms with E-state index in [2.05, 4.69) is 5.32 Å². The van der Waals surface area contributed by atoms with Crippen LogP contribution in [0, 0.1) is 20.8 Å². The molecule has 19 heavy (non-hydrogen) atoms. The van der Waals surface area contributed by atoms with E-state index in [9.17, 15) is 4.79 Å². The van der Waals surface area contributed by atoms with Crippen molar-refractivity contribution in [2.75, 3.05) is 11.1 Å². The van der Waals surface area contributed by atoms with Crippen molar-refractivity contribution in [1.82, 2.24) is 0 Å². The Bertz CT molecular complexity index is 647. The smallest absolute Gasteiger partial charge is 0.259 e. The third-order valence-corrected chi connectivity index (χ3v) is 3.20. The van der Waals surface area contributed by atoms with Crippen molar-refractivity contribution >= 4 is 28.9 Å². The maximum absolute atomic E-state index is 12.2. The number of nitrogens with one attached hydrogen (secondary N) is 1. The Morgan fingerprint density at radius 2 is 1.95 bits per heavy atom. The van der Waals surface area contributed by atoms with Crippen LogP contribution in [0.1, 0.15) is 27.4 Å². The SMILES string of the molecule is Cc1cc(C(=O)Nc2cc(Cl)c(N)cc2C)c(C)o1. The summed E-state index contributed by atoms with van der Waals surface area (Å²) in [4.78, 5) is 12.2. The predicted molar refractivity (Wildman–Crippen MR) is 76.7 cm³/mol. The zero-order valence-corrected chi connectivity index (χ0v) is 11.8. The molecule has 1 amide bonds. The van der Waals surface area contributed by atoms with E-state index in [0.29, 0.717) is 33.5 Å². The molecule has 1 heterocycles. The second kappa shape index (κ2) is 4.97. The van der Waals surface area contributed by atoms with E-state index in [1.165, 1.54) is 0 Å². The largest absolute Gasteiger partial charge is 0.466 e. The first-order valence-electron chi connectivity index (χ1n) is 5.82. The number of amides is 1. The number of carbonyl (C=O) groups excluding carboxylic acids is 1. The maximum Gasteiger partial charge on any atom is 0.259 e. The molecule has 0 unspecified atom stereocenters. The van der Waals surface area contributed by atoms with Gasteiger partial charge in [0.2, 0.25) is 0 Å². The minimum Gasteiger partial charge on any atom is -0.466 e. The van der Waals surface area contributed by atoms with Crippen LogP contribution in [-0.4, -0.2) is 5.91 Å². The molecule has 2 aromatic rings. The Morgan fingerprint density at radius 3 is 2.53 bits per heavy atom. The maximum atomic E-state index is 12.2. The van der Waals surface area contributed by atoms with Crippen LogP contribution >= 0.6 is 11.6 Å². The minimum atomic E-state index is -0.224. The number of aryl methyl sites for hydroxylation is 3. The number of anilines is 2. The van der Waals surface area contributed by atoms with Crippen molar-refractivity contribution in [3.63, 3.8) is 0 Å². The molecule has 0 atom stereocenters. The third-order valence-electron chi connectivity index (χ3n) is 2.88. The Labute approximate surface area is 116 Å². The number of hydrogen-bond donors (Lipinski definition) is 2. The summed E-state index contributed by atoms with van der Waals surface area (Å²) in [7, 11) is 0. The van der Waals surface area contributed by atoms with E-state index >= 15 is 0 Å². The van der Waals surface area contributed by atoms with Gasteiger partial charge in [-0.1, -0.05) is 11.6 Å². The van der Waals surface area contributed by atoms with Gasteiger partial charge in [0.05, 0.1) is 16.3 Å². The van der Waals surface area contributed by atoms with Gasteiger partial charge in [-0.25, -0.2) is 0 Å². The van der Waals surface area contributed by atoms with Crippen molar-refractivity contribution in [2.24, 2.45) is 0 Å². The zero-order chi connectivity index (χ0) is 14.2. The molecule has 0 saturated carbocycles. The molecule has 4 nitrogen and oxygen atoms in total. The van der Waals surface area contributed by atoms with E-state index in [1.807, 2.05) is 6.92 Å². The lowest BCUT2D eigenvalue weighted by molar-refractivity contribution is 0.102. The Kier molecular flexibility index (Phi) is 3.53. The van der Waals surface area contributed by atoms with E-state index in [4.69, 9.17) is 21.8 Å². The van der Waals surface area contributed by atoms with Crippen molar-refractivity contribution in [3.8, 4) is 0 Å². The van der Waals surface area contributed by atoms with Crippen LogP contribution in [0.2, 0.25) is 5.02 Å². The monoisotopic (exact) mass is 278 g/mol. The summed E-state index contributed by atoms with van der Waals surface area (Å²) in [5.74, 6) is 1.07. The molecule has 1 aromatic carbocycles. The van der Waals surface area contributed by atoms with Crippen LogP contribution in [0.4, 0.5) is 11.4 Å². The van der Waals surface area contributed by atoms with Crippen molar-refractivity contribution < 1.29 is 9.21 Å². The van der Waals surface area contributed by atoms with E-state index in [1.54, 1.807) is 32.0 Å². The fourth-order valence-corrected chi connectivity index (χ4v) is 2.05. The lowest BCUT2D eigenvalue weighted by atomic mass is 10.1. The highest BCUT2D eigenvalue weighted by atomic mass is 35.5. The summed E-state index contributed by atoms with van der Waals surface area (Å²) in [6, 6.07) is 5.08. The summed E-state index contributed by atoms with van der Waals surface area (Å²) in [5.41, 5.74) is 8.21. The average molecular weight is 279 g/mol. The predicted octanol–water partition coefficient (Wildman–Crippen LogP) is 3.69. The second-order valence-corrected chi connectivity index (χ2v) is 4.88. The number of nitrogens with two attached hydrogens (primary N) is 1. The van der Waals surface area contributed by atoms with Gasteiger partial charge in [0.1, 0.15) is 11.5 Å². The number of carbonyl (C=O) groups is 1. The van der Waals surface area contributed by atoms with Crippen LogP contribution in [0.25, 0.3) is 0 Å². The summed E-state index contributed by atoms with van der Waals surface area (Å²) >= 11 is 5.96. The molecule has 0 saturated heterocycles. The Morgan fingerprint density at radius 1 is 1.26 bits per heavy atom. The van der Waals surface area contributed by atoms with Crippen molar-refractivity contribution in [1.29, 1.82) is 0 Å². The summed E-state index contributed by atoms with van der Waals surface area (Å²) < 4.78 is 5.34. The Hall–Kier alpha value is -1.94. The number of hydrogen-bond acceptors (Lipinski definition) is 3. The van der Waals surface area contributed by atoms with Gasteiger partial charge in [0.15, 0.2) is 0 Å². The molecular formula is C14H15ClN2O2. The van der Waals surface area contributed by atoms with Crippen LogP contribution in [0.3, 0.4) is 0 Å². The van der Waals surface area contributed by atoms with Gasteiger partial charge in [-0.05, 0) is 44.5 Å². The van der Waals surface area contributed by atoms with E-state index < -0.39 is 0 Å². The second-order valence-electron chi connectivity index (χ2n) is 4.47. The van der Waals surface area contributed by atoms with E-state index in [-0.39, 0.29) is 5.91 Å². The summed E-state index contributed by atoms with van der Waals surface area (Å²) in [5, 5.41) is 3.23. The molecule has 0 fully saturated rings. The lowest BCUT2D eigenvalue weighted by Crippen LogP contribution is -2.13. The normalized spacial score (nSPS) is 10.5. The van der Waals surface area contributed by atoms with Gasteiger partial charge < -0.3 is 15.5 Å². The van der Waals surface area contributed by atoms with Crippen molar-refractivity contribution in [3.05, 3.63) is 45.9 Å². The molecule has 1 aromatic heterocycles. The van der Waals surface area contributed by atoms with Crippen LogP contribution in [-0.2, 0) is 0 Å². The fraction of sp³-hybridized carbons (Fsp3) is 0.214. The fourth-order valence-electron chi connectivity index (χ4n) is 1.88. The Balaban J connectivity index is 2.29. The number of rotatable bonds is 2. The van der Waals surface area contributed by atoms with Gasteiger partial charge in [0, 0.05) is 5.69 Å². The highest BCUT2D eigenvalue weighted by Crippen LogP contribution is 2.27. The number of nitrogen functional groups attached to an aromatic ring is 1. The molecular weight excluding hydrogens is 264 g/mol. The quantitative estimate of drug-likeness (QED) is 0.823. The van der Waals surface area contributed by atoms with Gasteiger partial charge in [-0.3, -0.25) is 4.79 Å². The first-order chi connectivity index (χ1) is 8.88. The van der Waals surface area contributed by atoms with Gasteiger partial charge >= 0.3 is 0 Å². The standard InChI is InChI=1S/C14H15ClN2O2/c1-7-4-12(16)11(15)6-13(7)17-14(18)10-5-8(2)19-9(10)3/h4-6H,16H2,1-3H3,(H,17,18). The number of halogens is 1. The summed E-state index contributed by atoms with van der Waals surface area (Å²) in [6.07, 6.45) is 0. The molecule has 0 radical (unpaired) electrons. The van der Waals surface area contributed by atoms with Crippen LogP contribution in [0.5, 0.6) is 0 Å². The number of benzene rings is 1. The van der Waals surface area contributed by atoms with Gasteiger partial charge in [0.25, 0.3) is 5.91 Å². The first-order valence-corrected chi connectivity index (χ1v) is 6.20. The van der Waals surface area contributed by atoms with Crippen LogP contribution in [0.15, 0.2) is 22.6 Å². The number of furan rings is 1. The minimum absolute atomic E-state index is 0.224. The van der Waals surface area contributed by atoms with E-state index in [0.717, 1.165) is 5.56 Å². The molecule has 2 rings (SSSR count). The van der Waals surface area contributed by atoms with Gasteiger partial charge in [-0.15, -0.1) is 0 Å². The molecule has 0 aliphatic rings. The molecule has 100 valence electrons. The molecule has 0 spiro atoms. The zero-order valence-electron chi connectivity index (χ0n) is 11.0. The van der Waals surface area contributed by atoms with Gasteiger partial charge in [-0.2, -0.15) is 0 Å². The molecule has 5 heteroatoms. The first kappa shape index (κ1) is 13.5. The van der Waals surface area contributed by atoms with Crippen LogP contribution < -0.4 is 11.1 Å². The van der Waals surface area contributed by atoms with Crippen molar-refractivity contribution in [2.45, 2.75) is 20.8 Å². The third kappa shape index (κ3) is 2.74. The topological polar surface area (TPSA) is 68.3 Å². The average Bonchev–Trinajstić information content (AvgIpc) is 2.65. The summed E-state index contributed by atoms with van der Waals surface area (Å²) in [6.45, 7) is 5.41. The molecule has 0 aliphatic heterocycles. The highest BCUT2D eigenvalue weighted by Gasteiger charge is 2.15. The molecule has 0 bridgehead atoms. The molecule has 0 aliphatic carbocycles. The molecule has 3 N–H and O–H groups in total. The lowest BCUT2D eigenvalue weighted by Gasteiger charge is -2.10.